The number of nitrogens with one attached hydrogen (secondary N) is 1. The van der Waals surface area contributed by atoms with Crippen LogP contribution >= 0.6 is 11.6 Å². The first kappa shape index (κ1) is 19.0. The van der Waals surface area contributed by atoms with Gasteiger partial charge in [0.05, 0.1) is 24.1 Å². The molecule has 4 atom stereocenters. The van der Waals surface area contributed by atoms with Crippen molar-refractivity contribution in [3.63, 3.8) is 0 Å². The molecule has 4 heterocycles. The minimum atomic E-state index is -1.14. The molecule has 3 amide bonds. The number of hydrogen-bond acceptors (Lipinski definition) is 4. The maximum Gasteiger partial charge on any atom is 0.250 e. The van der Waals surface area contributed by atoms with Gasteiger partial charge in [-0.25, -0.2) is 0 Å². The van der Waals surface area contributed by atoms with E-state index in [1.165, 1.54) is 4.90 Å². The van der Waals surface area contributed by atoms with Gasteiger partial charge in [-0.05, 0) is 43.5 Å². The van der Waals surface area contributed by atoms with Crippen LogP contribution in [-0.4, -0.2) is 40.1 Å². The molecule has 158 valence electrons. The van der Waals surface area contributed by atoms with E-state index in [2.05, 4.69) is 10.2 Å². The average Bonchev–Trinajstić information content (AvgIpc) is 3.47. The topological polar surface area (TPSA) is 69.7 Å². The lowest BCUT2D eigenvalue weighted by molar-refractivity contribution is -0.146. The maximum absolute atomic E-state index is 13.8. The Kier molecular flexibility index (Phi) is 3.93. The molecule has 2 aromatic carbocycles. The number of amides is 3. The van der Waals surface area contributed by atoms with Gasteiger partial charge in [-0.1, -0.05) is 48.0 Å². The Bertz CT molecular complexity index is 1150. The van der Waals surface area contributed by atoms with Crippen molar-refractivity contribution in [2.24, 2.45) is 11.8 Å². The number of benzene rings is 2. The summed E-state index contributed by atoms with van der Waals surface area (Å²) in [5.74, 6) is -1.82. The predicted octanol–water partition coefficient (Wildman–Crippen LogP) is 3.08. The number of likely N-dealkylation sites (tertiary alicyclic amines) is 1. The monoisotopic (exact) mass is 435 g/mol. The molecule has 0 aliphatic carbocycles. The number of fused-ring (bicyclic) bond motifs is 7. The Balaban J connectivity index is 1.51. The summed E-state index contributed by atoms with van der Waals surface area (Å²) in [6, 6.07) is 13.1. The highest BCUT2D eigenvalue weighted by Gasteiger charge is 2.74. The number of carbonyl (C=O) groups excluding carboxylic acids is 3. The minimum Gasteiger partial charge on any atom is -0.324 e. The summed E-state index contributed by atoms with van der Waals surface area (Å²) in [6.07, 6.45) is 1.72. The molecule has 1 spiro atoms. The van der Waals surface area contributed by atoms with Crippen LogP contribution in [0, 0.1) is 18.8 Å². The van der Waals surface area contributed by atoms with Crippen LogP contribution in [0.25, 0.3) is 0 Å². The standard InChI is InChI=1S/C24H22ClN3O3/c1-13-16(25)10-9-15-20(13)26-23(31)24(15)19-18(17-8-5-11-28(17)24)21(29)27(22(19)30)12-14-6-3-2-4-7-14/h2-4,6-7,9-10,17-19H,5,8,11-12H2,1H3,(H,26,31)/t17-,18-,19-,24-/m0/s1. The smallest absolute Gasteiger partial charge is 0.250 e. The third kappa shape index (κ3) is 2.24. The van der Waals surface area contributed by atoms with Crippen molar-refractivity contribution >= 4 is 35.0 Å². The summed E-state index contributed by atoms with van der Waals surface area (Å²) in [4.78, 5) is 44.5. The lowest BCUT2D eigenvalue weighted by Gasteiger charge is -2.36. The number of imide groups is 1. The first-order chi connectivity index (χ1) is 15.0. The highest BCUT2D eigenvalue weighted by atomic mass is 35.5. The molecule has 3 saturated heterocycles. The van der Waals surface area contributed by atoms with Gasteiger partial charge in [-0.2, -0.15) is 0 Å². The summed E-state index contributed by atoms with van der Waals surface area (Å²) in [6.45, 7) is 2.81. The number of hydrogen-bond donors (Lipinski definition) is 1. The second-order valence-corrected chi connectivity index (χ2v) is 9.38. The molecule has 6 rings (SSSR count). The van der Waals surface area contributed by atoms with Crippen molar-refractivity contribution in [1.82, 2.24) is 9.80 Å². The van der Waals surface area contributed by atoms with Gasteiger partial charge in [0.1, 0.15) is 5.54 Å². The van der Waals surface area contributed by atoms with E-state index in [4.69, 9.17) is 11.6 Å². The van der Waals surface area contributed by atoms with Crippen molar-refractivity contribution in [3.8, 4) is 0 Å². The van der Waals surface area contributed by atoms with Gasteiger partial charge in [-0.15, -0.1) is 0 Å². The predicted molar refractivity (Wildman–Crippen MR) is 115 cm³/mol. The zero-order valence-corrected chi connectivity index (χ0v) is 17.9. The van der Waals surface area contributed by atoms with E-state index < -0.39 is 17.4 Å². The van der Waals surface area contributed by atoms with Gasteiger partial charge < -0.3 is 5.32 Å². The Hall–Kier alpha value is -2.70. The largest absolute Gasteiger partial charge is 0.324 e. The molecular formula is C24H22ClN3O3. The molecule has 31 heavy (non-hydrogen) atoms. The fourth-order valence-corrected chi connectivity index (χ4v) is 6.53. The van der Waals surface area contributed by atoms with Crippen LogP contribution in [-0.2, 0) is 26.5 Å². The maximum atomic E-state index is 13.8. The molecule has 1 N–H and O–H groups in total. The second kappa shape index (κ2) is 6.40. The summed E-state index contributed by atoms with van der Waals surface area (Å²) < 4.78 is 0. The quantitative estimate of drug-likeness (QED) is 0.736. The van der Waals surface area contributed by atoms with Crippen molar-refractivity contribution in [2.75, 3.05) is 11.9 Å². The molecule has 4 aliphatic rings. The zero-order valence-electron chi connectivity index (χ0n) is 17.1. The van der Waals surface area contributed by atoms with E-state index in [0.717, 1.165) is 29.5 Å². The van der Waals surface area contributed by atoms with Crippen LogP contribution in [0.15, 0.2) is 42.5 Å². The van der Waals surface area contributed by atoms with Crippen LogP contribution in [0.2, 0.25) is 5.02 Å². The van der Waals surface area contributed by atoms with Crippen LogP contribution in [0.1, 0.15) is 29.5 Å². The summed E-state index contributed by atoms with van der Waals surface area (Å²) in [5, 5.41) is 3.59. The molecule has 4 aliphatic heterocycles. The second-order valence-electron chi connectivity index (χ2n) is 8.97. The van der Waals surface area contributed by atoms with Crippen molar-refractivity contribution in [3.05, 3.63) is 64.2 Å². The van der Waals surface area contributed by atoms with Crippen molar-refractivity contribution in [1.29, 1.82) is 0 Å². The van der Waals surface area contributed by atoms with Crippen LogP contribution in [0.4, 0.5) is 5.69 Å². The normalized spacial score (nSPS) is 31.4. The summed E-state index contributed by atoms with van der Waals surface area (Å²) in [5.41, 5.74) is 2.02. The van der Waals surface area contributed by atoms with E-state index >= 15 is 0 Å². The third-order valence-corrected chi connectivity index (χ3v) is 8.05. The number of halogens is 1. The fourth-order valence-electron chi connectivity index (χ4n) is 6.37. The Morgan fingerprint density at radius 3 is 2.65 bits per heavy atom. The fraction of sp³-hybridized carbons (Fsp3) is 0.375. The van der Waals surface area contributed by atoms with E-state index in [0.29, 0.717) is 17.3 Å². The Morgan fingerprint density at radius 2 is 1.87 bits per heavy atom. The van der Waals surface area contributed by atoms with Crippen LogP contribution < -0.4 is 5.32 Å². The van der Waals surface area contributed by atoms with Crippen molar-refractivity contribution < 1.29 is 14.4 Å². The van der Waals surface area contributed by atoms with E-state index in [-0.39, 0.29) is 30.3 Å². The van der Waals surface area contributed by atoms with E-state index in [9.17, 15) is 14.4 Å². The Morgan fingerprint density at radius 1 is 1.10 bits per heavy atom. The molecule has 0 aromatic heterocycles. The molecule has 0 bridgehead atoms. The van der Waals surface area contributed by atoms with Crippen molar-refractivity contribution in [2.45, 2.75) is 37.9 Å². The van der Waals surface area contributed by atoms with E-state index in [1.54, 1.807) is 6.07 Å². The zero-order chi connectivity index (χ0) is 21.5. The molecule has 3 fully saturated rings. The number of carbonyl (C=O) groups is 3. The molecule has 2 aromatic rings. The van der Waals surface area contributed by atoms with Gasteiger partial charge in [-0.3, -0.25) is 24.2 Å². The van der Waals surface area contributed by atoms with Crippen LogP contribution in [0.5, 0.6) is 0 Å². The molecule has 0 radical (unpaired) electrons. The Labute approximate surface area is 185 Å². The van der Waals surface area contributed by atoms with Gasteiger partial charge in [0.25, 0.3) is 0 Å². The first-order valence-corrected chi connectivity index (χ1v) is 11.1. The number of nitrogens with zero attached hydrogens (tertiary/aromatic N) is 2. The van der Waals surface area contributed by atoms with Gasteiger partial charge in [0.2, 0.25) is 17.7 Å². The SMILES string of the molecule is Cc1c(Cl)ccc2c1NC(=O)[C@@]21[C@@H]2C(=O)N(Cc3ccccc3)C(=O)[C@H]2[C@@H]2CCCN21. The highest BCUT2D eigenvalue weighted by Crippen LogP contribution is 2.61. The van der Waals surface area contributed by atoms with Gasteiger partial charge >= 0.3 is 0 Å². The lowest BCUT2D eigenvalue weighted by atomic mass is 9.75. The van der Waals surface area contributed by atoms with E-state index in [1.807, 2.05) is 43.3 Å². The summed E-state index contributed by atoms with van der Waals surface area (Å²) in [7, 11) is 0. The molecule has 0 saturated carbocycles. The minimum absolute atomic E-state index is 0.102. The summed E-state index contributed by atoms with van der Waals surface area (Å²) >= 11 is 6.33. The third-order valence-electron chi connectivity index (χ3n) is 7.64. The van der Waals surface area contributed by atoms with Crippen LogP contribution in [0.3, 0.4) is 0 Å². The molecule has 0 unspecified atom stereocenters. The first-order valence-electron chi connectivity index (χ1n) is 10.7. The van der Waals surface area contributed by atoms with Gasteiger partial charge in [0, 0.05) is 16.6 Å². The molecule has 6 nitrogen and oxygen atoms in total. The molecule has 7 heteroatoms. The number of anilines is 1. The highest BCUT2D eigenvalue weighted by molar-refractivity contribution is 6.32. The average molecular weight is 436 g/mol. The number of rotatable bonds is 2. The van der Waals surface area contributed by atoms with Gasteiger partial charge in [0.15, 0.2) is 0 Å². The lowest BCUT2D eigenvalue weighted by Crippen LogP contribution is -2.54. The molecular weight excluding hydrogens is 414 g/mol.